The highest BCUT2D eigenvalue weighted by molar-refractivity contribution is 5.91. The predicted molar refractivity (Wildman–Crippen MR) is 201 cm³/mol. The predicted octanol–water partition coefficient (Wildman–Crippen LogP) is 7.68. The SMILES string of the molecule is Cc1c(Nc2nccc3cc(CN4CCC(O)C4)cnc23)cccc1-c1cccc(-c2nc3cc(CN4CCC[C@@H]4C(=O)O)c(OC(F)F)cc3o2)c1C. The molecule has 5 heterocycles. The molecule has 54 heavy (non-hydrogen) atoms. The average Bonchev–Trinajstić information content (AvgIpc) is 3.89. The summed E-state index contributed by atoms with van der Waals surface area (Å²) in [5.74, 6) is -0.0356. The van der Waals surface area contributed by atoms with Crippen LogP contribution in [0.4, 0.5) is 20.3 Å². The molecule has 13 heteroatoms. The highest BCUT2D eigenvalue weighted by Crippen LogP contribution is 2.39. The van der Waals surface area contributed by atoms with Gasteiger partial charge in [0.25, 0.3) is 0 Å². The molecule has 2 aliphatic rings. The van der Waals surface area contributed by atoms with Crippen LogP contribution in [0.3, 0.4) is 0 Å². The van der Waals surface area contributed by atoms with Gasteiger partial charge in [-0.15, -0.1) is 0 Å². The minimum Gasteiger partial charge on any atom is -0.480 e. The number of aliphatic hydroxyl groups is 1. The molecule has 278 valence electrons. The van der Waals surface area contributed by atoms with E-state index in [4.69, 9.17) is 19.1 Å². The topological polar surface area (TPSA) is 137 Å². The van der Waals surface area contributed by atoms with E-state index < -0.39 is 18.6 Å². The second kappa shape index (κ2) is 14.7. The number of benzene rings is 3. The van der Waals surface area contributed by atoms with Crippen LogP contribution >= 0.6 is 0 Å². The Morgan fingerprint density at radius 1 is 1.00 bits per heavy atom. The third kappa shape index (κ3) is 7.09. The molecule has 0 radical (unpaired) electrons. The Kier molecular flexibility index (Phi) is 9.69. The van der Waals surface area contributed by atoms with Crippen molar-refractivity contribution >= 4 is 39.5 Å². The summed E-state index contributed by atoms with van der Waals surface area (Å²) >= 11 is 0. The number of hydrogen-bond acceptors (Lipinski definition) is 10. The normalized spacial score (nSPS) is 18.0. The van der Waals surface area contributed by atoms with E-state index in [2.05, 4.69) is 27.3 Å². The lowest BCUT2D eigenvalue weighted by molar-refractivity contribution is -0.142. The quantitative estimate of drug-likeness (QED) is 0.121. The Hall–Kier alpha value is -5.50. The van der Waals surface area contributed by atoms with Gasteiger partial charge in [-0.1, -0.05) is 24.3 Å². The number of ether oxygens (including phenoxy) is 1. The van der Waals surface area contributed by atoms with Crippen LogP contribution in [0.5, 0.6) is 5.75 Å². The second-order valence-electron chi connectivity index (χ2n) is 14.1. The number of oxazole rings is 1. The minimum absolute atomic E-state index is 0.0687. The number of halogens is 2. The summed E-state index contributed by atoms with van der Waals surface area (Å²) in [6.45, 7) is 3.92. The molecule has 2 fully saturated rings. The van der Waals surface area contributed by atoms with E-state index in [1.807, 2.05) is 56.4 Å². The summed E-state index contributed by atoms with van der Waals surface area (Å²) in [5.41, 5.74) is 8.48. The molecule has 1 unspecified atom stereocenters. The van der Waals surface area contributed by atoms with Gasteiger partial charge in [0.1, 0.15) is 22.8 Å². The summed E-state index contributed by atoms with van der Waals surface area (Å²) in [7, 11) is 0. The van der Waals surface area contributed by atoms with Crippen LogP contribution in [-0.2, 0) is 17.9 Å². The second-order valence-corrected chi connectivity index (χ2v) is 14.1. The molecule has 0 saturated carbocycles. The molecule has 2 aliphatic heterocycles. The number of fused-ring (bicyclic) bond motifs is 2. The lowest BCUT2D eigenvalue weighted by Gasteiger charge is -2.22. The van der Waals surface area contributed by atoms with Gasteiger partial charge < -0.3 is 24.7 Å². The number of carboxylic acid groups (broad SMARTS) is 1. The molecule has 8 rings (SSSR count). The van der Waals surface area contributed by atoms with Crippen LogP contribution in [0.2, 0.25) is 0 Å². The first kappa shape index (κ1) is 35.5. The maximum absolute atomic E-state index is 13.5. The van der Waals surface area contributed by atoms with Crippen LogP contribution in [0, 0.1) is 13.8 Å². The number of alkyl halides is 2. The summed E-state index contributed by atoms with van der Waals surface area (Å²) in [6.07, 6.45) is 5.37. The molecule has 2 saturated heterocycles. The maximum Gasteiger partial charge on any atom is 0.387 e. The summed E-state index contributed by atoms with van der Waals surface area (Å²) in [6, 6.07) is 18.4. The fourth-order valence-electron chi connectivity index (χ4n) is 7.80. The number of β-amino-alcohol motifs (C(OH)–C–C–N with tert-alkyl or cyclic N) is 1. The smallest absolute Gasteiger partial charge is 0.387 e. The maximum atomic E-state index is 13.5. The first-order valence-electron chi connectivity index (χ1n) is 18.1. The molecular formula is C41H40F2N6O5. The molecule has 0 spiro atoms. The van der Waals surface area contributed by atoms with Gasteiger partial charge in [0.2, 0.25) is 5.89 Å². The van der Waals surface area contributed by atoms with Crippen LogP contribution in [0.1, 0.15) is 41.5 Å². The van der Waals surface area contributed by atoms with Crippen molar-refractivity contribution in [2.75, 3.05) is 25.0 Å². The van der Waals surface area contributed by atoms with Crippen molar-refractivity contribution in [2.45, 2.75) is 65.0 Å². The van der Waals surface area contributed by atoms with Crippen molar-refractivity contribution in [3.05, 3.63) is 95.3 Å². The van der Waals surface area contributed by atoms with E-state index in [9.17, 15) is 23.8 Å². The Balaban J connectivity index is 1.08. The van der Waals surface area contributed by atoms with Gasteiger partial charge in [0.05, 0.1) is 6.10 Å². The molecule has 0 aliphatic carbocycles. The van der Waals surface area contributed by atoms with Gasteiger partial charge >= 0.3 is 12.6 Å². The highest BCUT2D eigenvalue weighted by atomic mass is 19.3. The summed E-state index contributed by atoms with van der Waals surface area (Å²) in [4.78, 5) is 30.0. The number of likely N-dealkylation sites (tertiary alicyclic amines) is 2. The number of aliphatic hydroxyl groups excluding tert-OH is 1. The average molecular weight is 735 g/mol. The van der Waals surface area contributed by atoms with E-state index in [1.165, 1.54) is 6.07 Å². The fourth-order valence-corrected chi connectivity index (χ4v) is 7.80. The Bertz CT molecular complexity index is 2370. The van der Waals surface area contributed by atoms with E-state index in [0.717, 1.165) is 69.5 Å². The zero-order chi connectivity index (χ0) is 37.5. The molecular weight excluding hydrogens is 694 g/mol. The Morgan fingerprint density at radius 2 is 1.80 bits per heavy atom. The minimum atomic E-state index is -3.06. The number of anilines is 2. The number of carboxylic acids is 1. The molecule has 3 N–H and O–H groups in total. The molecule has 2 atom stereocenters. The van der Waals surface area contributed by atoms with Gasteiger partial charge in [-0.25, -0.2) is 9.97 Å². The molecule has 6 aromatic rings. The molecule has 11 nitrogen and oxygen atoms in total. The first-order valence-corrected chi connectivity index (χ1v) is 18.1. The van der Waals surface area contributed by atoms with Gasteiger partial charge in [0, 0.05) is 66.8 Å². The molecule has 3 aromatic carbocycles. The van der Waals surface area contributed by atoms with Crippen LogP contribution in [-0.4, -0.2) is 79.3 Å². The van der Waals surface area contributed by atoms with E-state index in [0.29, 0.717) is 48.7 Å². The lowest BCUT2D eigenvalue weighted by Crippen LogP contribution is -2.35. The van der Waals surface area contributed by atoms with Crippen LogP contribution in [0.25, 0.3) is 44.6 Å². The first-order chi connectivity index (χ1) is 26.1. The number of aliphatic carboxylic acids is 1. The van der Waals surface area contributed by atoms with Gasteiger partial charge in [-0.3, -0.25) is 19.6 Å². The van der Waals surface area contributed by atoms with Crippen molar-refractivity contribution < 1.29 is 32.9 Å². The van der Waals surface area contributed by atoms with Crippen molar-refractivity contribution in [3.63, 3.8) is 0 Å². The van der Waals surface area contributed by atoms with Crippen molar-refractivity contribution in [1.29, 1.82) is 0 Å². The largest absolute Gasteiger partial charge is 0.480 e. The Morgan fingerprint density at radius 3 is 2.57 bits per heavy atom. The number of pyridine rings is 2. The third-order valence-corrected chi connectivity index (χ3v) is 10.6. The third-order valence-electron chi connectivity index (χ3n) is 10.6. The van der Waals surface area contributed by atoms with Crippen molar-refractivity contribution in [1.82, 2.24) is 24.8 Å². The number of nitrogens with one attached hydrogen (secondary N) is 1. The number of nitrogens with zero attached hydrogens (tertiary/aromatic N) is 5. The van der Waals surface area contributed by atoms with Crippen molar-refractivity contribution in [2.24, 2.45) is 0 Å². The number of carbonyl (C=O) groups is 1. The van der Waals surface area contributed by atoms with Crippen LogP contribution < -0.4 is 10.1 Å². The lowest BCUT2D eigenvalue weighted by atomic mass is 9.93. The summed E-state index contributed by atoms with van der Waals surface area (Å²) < 4.78 is 38.0. The van der Waals surface area contributed by atoms with Gasteiger partial charge in [-0.2, -0.15) is 8.78 Å². The molecule has 3 aromatic heterocycles. The highest BCUT2D eigenvalue weighted by Gasteiger charge is 2.31. The van der Waals surface area contributed by atoms with E-state index in [1.54, 1.807) is 17.2 Å². The zero-order valence-electron chi connectivity index (χ0n) is 29.9. The zero-order valence-corrected chi connectivity index (χ0v) is 29.9. The molecule has 0 bridgehead atoms. The standard InChI is InChI=1S/C41H40F2N6O5/c1-23-29(30-7-4-9-32(24(30)2)46-38-37-26(11-13-44-38)16-25(19-45-37)20-48-15-12-28(50)22-48)6-3-8-31(23)39-47-33-17-27(21-49-14-5-10-34(49)40(51)52)35(54-41(42)43)18-36(33)53-39/h3-4,6-9,11,13,16-19,28,34,41,50H,5,10,12,14-15,20-22H2,1-2H3,(H,44,46)(H,51,52)/t28?,34-/m1/s1. The van der Waals surface area contributed by atoms with E-state index in [-0.39, 0.29) is 24.0 Å². The number of aromatic nitrogens is 3. The van der Waals surface area contributed by atoms with E-state index >= 15 is 0 Å². The Labute approximate surface area is 310 Å². The number of hydrogen-bond donors (Lipinski definition) is 3. The summed E-state index contributed by atoms with van der Waals surface area (Å²) in [5, 5.41) is 24.1. The van der Waals surface area contributed by atoms with Gasteiger partial charge in [0.15, 0.2) is 11.4 Å². The molecule has 0 amide bonds. The van der Waals surface area contributed by atoms with Crippen LogP contribution in [0.15, 0.2) is 77.5 Å². The van der Waals surface area contributed by atoms with Gasteiger partial charge in [-0.05, 0) is 97.8 Å². The monoisotopic (exact) mass is 734 g/mol. The number of rotatable bonds is 11. The van der Waals surface area contributed by atoms with Crippen molar-refractivity contribution in [3.8, 4) is 28.3 Å². The fraction of sp³-hybridized carbons (Fsp3) is 0.317.